The molecule has 0 bridgehead atoms. The number of halogens is 2. The van der Waals surface area contributed by atoms with Crippen molar-refractivity contribution < 1.29 is 9.53 Å². The Balaban J connectivity index is 1.80. The Morgan fingerprint density at radius 1 is 1.24 bits per heavy atom. The summed E-state index contributed by atoms with van der Waals surface area (Å²) in [7, 11) is 0. The molecule has 0 aliphatic heterocycles. The Morgan fingerprint density at radius 3 is 2.67 bits per heavy atom. The van der Waals surface area contributed by atoms with Crippen molar-refractivity contribution in [2.75, 3.05) is 6.61 Å². The van der Waals surface area contributed by atoms with Gasteiger partial charge in [-0.05, 0) is 52.9 Å². The molecule has 108 valence electrons. The van der Waals surface area contributed by atoms with E-state index < -0.39 is 0 Å². The quantitative estimate of drug-likeness (QED) is 0.423. The van der Waals surface area contributed by atoms with Crippen LogP contribution in [0.25, 0.3) is 0 Å². The van der Waals surface area contributed by atoms with Gasteiger partial charge in [-0.2, -0.15) is 5.10 Å². The second-order valence-corrected chi connectivity index (χ2v) is 6.14. The predicted molar refractivity (Wildman–Crippen MR) is 94.5 cm³/mol. The highest BCUT2D eigenvalue weighted by molar-refractivity contribution is 14.1. The van der Waals surface area contributed by atoms with Crippen molar-refractivity contribution in [2.45, 2.75) is 0 Å². The molecule has 0 saturated heterocycles. The minimum atomic E-state index is -0.305. The number of nitrogens with zero attached hydrogens (tertiary/aromatic N) is 1. The second-order valence-electron chi connectivity index (χ2n) is 4.06. The number of ether oxygens (including phenoxy) is 1. The minimum Gasteiger partial charge on any atom is -0.484 e. The van der Waals surface area contributed by atoms with Gasteiger partial charge in [0.05, 0.1) is 6.21 Å². The second kappa shape index (κ2) is 8.14. The molecular formula is C15H12BrIN2O2. The lowest BCUT2D eigenvalue weighted by Crippen LogP contribution is -2.24. The Kier molecular flexibility index (Phi) is 6.19. The van der Waals surface area contributed by atoms with E-state index in [1.165, 1.54) is 0 Å². The van der Waals surface area contributed by atoms with Gasteiger partial charge in [0.15, 0.2) is 6.61 Å². The first kappa shape index (κ1) is 16.0. The van der Waals surface area contributed by atoms with Gasteiger partial charge < -0.3 is 4.74 Å². The number of carbonyl (C=O) groups is 1. The minimum absolute atomic E-state index is 0.0785. The van der Waals surface area contributed by atoms with Gasteiger partial charge in [0, 0.05) is 13.6 Å². The van der Waals surface area contributed by atoms with E-state index in [0.717, 1.165) is 13.6 Å². The van der Waals surface area contributed by atoms with Gasteiger partial charge in [-0.3, -0.25) is 4.79 Å². The van der Waals surface area contributed by atoms with Gasteiger partial charge in [0.1, 0.15) is 5.75 Å². The topological polar surface area (TPSA) is 50.7 Å². The van der Waals surface area contributed by atoms with Crippen LogP contribution < -0.4 is 10.2 Å². The summed E-state index contributed by atoms with van der Waals surface area (Å²) >= 11 is 5.54. The molecule has 2 aromatic rings. The molecule has 2 aromatic carbocycles. The SMILES string of the molecule is O=C(COc1ccc(Br)cc1)N/N=C\c1ccccc1I. The molecule has 0 aliphatic carbocycles. The molecule has 1 amide bonds. The number of hydrogen-bond acceptors (Lipinski definition) is 3. The van der Waals surface area contributed by atoms with Crippen molar-refractivity contribution in [1.82, 2.24) is 5.43 Å². The van der Waals surface area contributed by atoms with Crippen LogP contribution in [0.1, 0.15) is 5.56 Å². The predicted octanol–water partition coefficient (Wildman–Crippen LogP) is 3.58. The first-order chi connectivity index (χ1) is 10.1. The van der Waals surface area contributed by atoms with E-state index in [-0.39, 0.29) is 12.5 Å². The molecule has 2 rings (SSSR count). The fourth-order valence-corrected chi connectivity index (χ4v) is 2.26. The fourth-order valence-electron chi connectivity index (χ4n) is 1.47. The summed E-state index contributed by atoms with van der Waals surface area (Å²) in [5, 5.41) is 3.91. The Labute approximate surface area is 144 Å². The molecular weight excluding hydrogens is 447 g/mol. The van der Waals surface area contributed by atoms with Gasteiger partial charge >= 0.3 is 0 Å². The molecule has 0 heterocycles. The molecule has 0 unspecified atom stereocenters. The zero-order valence-electron chi connectivity index (χ0n) is 10.9. The van der Waals surface area contributed by atoms with Gasteiger partial charge in [-0.15, -0.1) is 0 Å². The van der Waals surface area contributed by atoms with Crippen LogP contribution >= 0.6 is 38.5 Å². The number of benzene rings is 2. The highest BCUT2D eigenvalue weighted by atomic mass is 127. The molecule has 0 aliphatic rings. The average Bonchev–Trinajstić information content (AvgIpc) is 2.49. The van der Waals surface area contributed by atoms with Crippen LogP contribution in [0.2, 0.25) is 0 Å². The van der Waals surface area contributed by atoms with Crippen LogP contribution in [-0.4, -0.2) is 18.7 Å². The summed E-state index contributed by atoms with van der Waals surface area (Å²) in [6.45, 7) is -0.0785. The standard InChI is InChI=1S/C15H12BrIN2O2/c16-12-5-7-13(8-6-12)21-10-15(20)19-18-9-11-3-1-2-4-14(11)17/h1-9H,10H2,(H,19,20)/b18-9-. The van der Waals surface area contributed by atoms with E-state index in [1.807, 2.05) is 36.4 Å². The zero-order valence-corrected chi connectivity index (χ0v) is 14.7. The van der Waals surface area contributed by atoms with Crippen molar-refractivity contribution in [3.05, 3.63) is 62.1 Å². The summed E-state index contributed by atoms with van der Waals surface area (Å²) in [6.07, 6.45) is 1.61. The van der Waals surface area contributed by atoms with E-state index in [2.05, 4.69) is 49.0 Å². The normalized spacial score (nSPS) is 10.6. The number of hydrazone groups is 1. The molecule has 6 heteroatoms. The van der Waals surface area contributed by atoms with Crippen LogP contribution in [0.4, 0.5) is 0 Å². The van der Waals surface area contributed by atoms with E-state index in [4.69, 9.17) is 4.74 Å². The maximum atomic E-state index is 11.6. The molecule has 21 heavy (non-hydrogen) atoms. The molecule has 0 atom stereocenters. The molecule has 0 radical (unpaired) electrons. The van der Waals surface area contributed by atoms with Gasteiger partial charge in [0.2, 0.25) is 0 Å². The third kappa shape index (κ3) is 5.47. The lowest BCUT2D eigenvalue weighted by atomic mass is 10.2. The van der Waals surface area contributed by atoms with Crippen molar-refractivity contribution in [2.24, 2.45) is 5.10 Å². The van der Waals surface area contributed by atoms with Crippen LogP contribution in [0, 0.1) is 3.57 Å². The maximum absolute atomic E-state index is 11.6. The number of nitrogens with one attached hydrogen (secondary N) is 1. The summed E-state index contributed by atoms with van der Waals surface area (Å²) in [4.78, 5) is 11.6. The largest absolute Gasteiger partial charge is 0.484 e. The molecule has 0 saturated carbocycles. The number of amides is 1. The van der Waals surface area contributed by atoms with E-state index in [0.29, 0.717) is 5.75 Å². The maximum Gasteiger partial charge on any atom is 0.277 e. The molecule has 0 spiro atoms. The lowest BCUT2D eigenvalue weighted by Gasteiger charge is -2.04. The number of rotatable bonds is 5. The summed E-state index contributed by atoms with van der Waals surface area (Å²) in [5.74, 6) is 0.329. The number of carbonyl (C=O) groups excluding carboxylic acids is 1. The Morgan fingerprint density at radius 2 is 1.95 bits per heavy atom. The first-order valence-corrected chi connectivity index (χ1v) is 7.97. The summed E-state index contributed by atoms with van der Waals surface area (Å²) < 4.78 is 7.37. The fraction of sp³-hybridized carbons (Fsp3) is 0.0667. The monoisotopic (exact) mass is 458 g/mol. The summed E-state index contributed by atoms with van der Waals surface area (Å²) in [5.41, 5.74) is 3.38. The van der Waals surface area contributed by atoms with Crippen molar-refractivity contribution in [3.8, 4) is 5.75 Å². The van der Waals surface area contributed by atoms with Crippen LogP contribution in [-0.2, 0) is 4.79 Å². The molecule has 0 fully saturated rings. The molecule has 0 aromatic heterocycles. The van der Waals surface area contributed by atoms with Crippen molar-refractivity contribution in [3.63, 3.8) is 0 Å². The van der Waals surface area contributed by atoms with Crippen LogP contribution in [0.15, 0.2) is 58.1 Å². The molecule has 4 nitrogen and oxygen atoms in total. The Hall–Kier alpha value is -1.41. The summed E-state index contributed by atoms with van der Waals surface area (Å²) in [6, 6.07) is 15.0. The van der Waals surface area contributed by atoms with E-state index >= 15 is 0 Å². The van der Waals surface area contributed by atoms with Crippen LogP contribution in [0.3, 0.4) is 0 Å². The van der Waals surface area contributed by atoms with Gasteiger partial charge in [-0.25, -0.2) is 5.43 Å². The van der Waals surface area contributed by atoms with Crippen molar-refractivity contribution in [1.29, 1.82) is 0 Å². The first-order valence-electron chi connectivity index (χ1n) is 6.10. The van der Waals surface area contributed by atoms with Gasteiger partial charge in [0.25, 0.3) is 5.91 Å². The number of hydrogen-bond donors (Lipinski definition) is 1. The van der Waals surface area contributed by atoms with E-state index in [1.54, 1.807) is 18.3 Å². The van der Waals surface area contributed by atoms with Crippen molar-refractivity contribution >= 4 is 50.6 Å². The van der Waals surface area contributed by atoms with E-state index in [9.17, 15) is 4.79 Å². The highest BCUT2D eigenvalue weighted by Gasteiger charge is 2.01. The van der Waals surface area contributed by atoms with Crippen LogP contribution in [0.5, 0.6) is 5.75 Å². The lowest BCUT2D eigenvalue weighted by molar-refractivity contribution is -0.123. The zero-order chi connectivity index (χ0) is 15.1. The average molecular weight is 459 g/mol. The third-order valence-electron chi connectivity index (χ3n) is 2.48. The third-order valence-corrected chi connectivity index (χ3v) is 3.99. The Bertz CT molecular complexity index is 644. The smallest absolute Gasteiger partial charge is 0.277 e. The van der Waals surface area contributed by atoms with Gasteiger partial charge in [-0.1, -0.05) is 34.1 Å². The highest BCUT2D eigenvalue weighted by Crippen LogP contribution is 2.15. The molecule has 1 N–H and O–H groups in total.